The summed E-state index contributed by atoms with van der Waals surface area (Å²) in [7, 11) is 1.69. The van der Waals surface area contributed by atoms with Crippen molar-refractivity contribution in [2.24, 2.45) is 5.73 Å². The van der Waals surface area contributed by atoms with E-state index >= 15 is 0 Å². The third-order valence-electron chi connectivity index (χ3n) is 2.14. The molecule has 0 bridgehead atoms. The number of hydrogen-bond donors (Lipinski definition) is 1. The number of carbonyl (C=O) groups is 1. The molecule has 16 heavy (non-hydrogen) atoms. The maximum Gasteiger partial charge on any atom is 0.240 e. The zero-order chi connectivity index (χ0) is 12.1. The molecule has 4 nitrogen and oxygen atoms in total. The van der Waals surface area contributed by atoms with Crippen molar-refractivity contribution in [3.05, 3.63) is 24.3 Å². The summed E-state index contributed by atoms with van der Waals surface area (Å²) in [4.78, 5) is 13.0. The largest absolute Gasteiger partial charge is 0.489 e. The van der Waals surface area contributed by atoms with Crippen LogP contribution in [0.4, 0.5) is 5.69 Å². The minimum absolute atomic E-state index is 0.00743. The molecular weight excluding hydrogens is 204 g/mol. The predicted molar refractivity (Wildman–Crippen MR) is 64.7 cm³/mol. The number of amides is 1. The van der Waals surface area contributed by atoms with Gasteiger partial charge in [0.2, 0.25) is 5.91 Å². The van der Waals surface area contributed by atoms with Crippen LogP contribution in [0.1, 0.15) is 13.8 Å². The highest BCUT2D eigenvalue weighted by Gasteiger charge is 2.13. The summed E-state index contributed by atoms with van der Waals surface area (Å²) >= 11 is 0. The number of hydrogen-bond acceptors (Lipinski definition) is 3. The van der Waals surface area contributed by atoms with Gasteiger partial charge in [-0.3, -0.25) is 4.79 Å². The summed E-state index contributed by atoms with van der Waals surface area (Å²) in [6.45, 7) is 3.88. The van der Waals surface area contributed by atoms with Crippen molar-refractivity contribution < 1.29 is 9.53 Å². The van der Waals surface area contributed by atoms with Gasteiger partial charge in [-0.15, -0.1) is 0 Å². The first-order valence-electron chi connectivity index (χ1n) is 5.28. The van der Waals surface area contributed by atoms with Crippen LogP contribution >= 0.6 is 0 Å². The molecule has 0 fully saturated rings. The van der Waals surface area contributed by atoms with Crippen molar-refractivity contribution in [1.82, 2.24) is 0 Å². The summed E-state index contributed by atoms with van der Waals surface area (Å²) < 4.78 is 5.63. The van der Waals surface area contributed by atoms with Crippen LogP contribution in [0.3, 0.4) is 0 Å². The molecule has 0 heterocycles. The molecule has 2 N–H and O–H groups in total. The Morgan fingerprint density at radius 1 is 1.44 bits per heavy atom. The Morgan fingerprint density at radius 3 is 2.62 bits per heavy atom. The van der Waals surface area contributed by atoms with Crippen molar-refractivity contribution in [1.29, 1.82) is 0 Å². The monoisotopic (exact) mass is 222 g/mol. The van der Waals surface area contributed by atoms with E-state index in [0.29, 0.717) is 5.75 Å². The fraction of sp³-hybridized carbons (Fsp3) is 0.417. The molecule has 1 rings (SSSR count). The molecule has 0 saturated heterocycles. The Bertz CT molecular complexity index is 364. The topological polar surface area (TPSA) is 55.6 Å². The average molecular weight is 222 g/mol. The van der Waals surface area contributed by atoms with Gasteiger partial charge in [0.25, 0.3) is 0 Å². The van der Waals surface area contributed by atoms with E-state index in [0.717, 1.165) is 5.69 Å². The number of carbonyl (C=O) groups excluding carboxylic acids is 1. The molecule has 4 heteroatoms. The van der Waals surface area contributed by atoms with Crippen molar-refractivity contribution in [2.45, 2.75) is 20.0 Å². The standard InChI is InChI=1S/C12H18N2O2/c1-9(2)16-11-7-5-4-6-10(11)14(3)12(15)8-13/h4-7,9H,8,13H2,1-3H3. The first-order valence-corrected chi connectivity index (χ1v) is 5.28. The van der Waals surface area contributed by atoms with Gasteiger partial charge in [0.05, 0.1) is 18.3 Å². The molecule has 1 amide bonds. The zero-order valence-electron chi connectivity index (χ0n) is 9.93. The van der Waals surface area contributed by atoms with Gasteiger partial charge in [-0.2, -0.15) is 0 Å². The molecule has 1 aromatic rings. The summed E-state index contributed by atoms with van der Waals surface area (Å²) in [5.74, 6) is 0.557. The summed E-state index contributed by atoms with van der Waals surface area (Å²) in [6, 6.07) is 7.42. The molecule has 0 aromatic heterocycles. The normalized spacial score (nSPS) is 10.3. The SMILES string of the molecule is CC(C)Oc1ccccc1N(C)C(=O)CN. The van der Waals surface area contributed by atoms with Crippen LogP contribution in [0.2, 0.25) is 0 Å². The van der Waals surface area contributed by atoms with Crippen LogP contribution in [0, 0.1) is 0 Å². The number of likely N-dealkylation sites (N-methyl/N-ethyl adjacent to an activating group) is 1. The van der Waals surface area contributed by atoms with E-state index in [-0.39, 0.29) is 18.6 Å². The van der Waals surface area contributed by atoms with Gasteiger partial charge >= 0.3 is 0 Å². The summed E-state index contributed by atoms with van der Waals surface area (Å²) in [6.07, 6.45) is 0.0718. The summed E-state index contributed by atoms with van der Waals surface area (Å²) in [5, 5.41) is 0. The van der Waals surface area contributed by atoms with Gasteiger partial charge in [0.15, 0.2) is 0 Å². The summed E-state index contributed by atoms with van der Waals surface area (Å²) in [5.41, 5.74) is 6.07. The van der Waals surface area contributed by atoms with Crippen molar-refractivity contribution >= 4 is 11.6 Å². The number of rotatable bonds is 4. The molecule has 0 aliphatic carbocycles. The van der Waals surface area contributed by atoms with Gasteiger partial charge in [-0.25, -0.2) is 0 Å². The molecule has 0 saturated carbocycles. The number of nitrogens with zero attached hydrogens (tertiary/aromatic N) is 1. The van der Waals surface area contributed by atoms with Crippen LogP contribution in [0.15, 0.2) is 24.3 Å². The highest BCUT2D eigenvalue weighted by Crippen LogP contribution is 2.27. The third kappa shape index (κ3) is 2.97. The highest BCUT2D eigenvalue weighted by atomic mass is 16.5. The Hall–Kier alpha value is -1.55. The predicted octanol–water partition coefficient (Wildman–Crippen LogP) is 1.40. The van der Waals surface area contributed by atoms with E-state index in [4.69, 9.17) is 10.5 Å². The Morgan fingerprint density at radius 2 is 2.06 bits per heavy atom. The van der Waals surface area contributed by atoms with Crippen molar-refractivity contribution in [3.8, 4) is 5.75 Å². The molecule has 0 spiro atoms. The number of anilines is 1. The Balaban J connectivity index is 2.98. The number of nitrogens with two attached hydrogens (primary N) is 1. The molecule has 1 aromatic carbocycles. The minimum Gasteiger partial charge on any atom is -0.489 e. The van der Waals surface area contributed by atoms with Gasteiger partial charge in [-0.05, 0) is 26.0 Å². The minimum atomic E-state index is -0.139. The van der Waals surface area contributed by atoms with E-state index in [2.05, 4.69) is 0 Å². The molecular formula is C12H18N2O2. The lowest BCUT2D eigenvalue weighted by Gasteiger charge is -2.21. The molecule has 0 aliphatic rings. The quantitative estimate of drug-likeness (QED) is 0.837. The van der Waals surface area contributed by atoms with Gasteiger partial charge in [0, 0.05) is 7.05 Å². The van der Waals surface area contributed by atoms with E-state index in [1.54, 1.807) is 7.05 Å². The van der Waals surface area contributed by atoms with E-state index in [1.807, 2.05) is 38.1 Å². The van der Waals surface area contributed by atoms with Crippen LogP contribution < -0.4 is 15.4 Å². The van der Waals surface area contributed by atoms with E-state index in [1.165, 1.54) is 4.90 Å². The van der Waals surface area contributed by atoms with E-state index < -0.39 is 0 Å². The average Bonchev–Trinajstić information content (AvgIpc) is 2.27. The first kappa shape index (κ1) is 12.5. The highest BCUT2D eigenvalue weighted by molar-refractivity contribution is 5.95. The van der Waals surface area contributed by atoms with Gasteiger partial charge in [0.1, 0.15) is 5.75 Å². The Labute approximate surface area is 96.0 Å². The number of para-hydroxylation sites is 2. The Kier molecular flexibility index (Phi) is 4.31. The first-order chi connectivity index (χ1) is 7.56. The second kappa shape index (κ2) is 5.51. The second-order valence-electron chi connectivity index (χ2n) is 3.79. The smallest absolute Gasteiger partial charge is 0.240 e. The maximum atomic E-state index is 11.5. The number of ether oxygens (including phenoxy) is 1. The number of benzene rings is 1. The van der Waals surface area contributed by atoms with Crippen LogP contribution in [-0.2, 0) is 4.79 Å². The fourth-order valence-corrected chi connectivity index (χ4v) is 1.36. The lowest BCUT2D eigenvalue weighted by molar-refractivity contribution is -0.117. The molecule has 88 valence electrons. The lowest BCUT2D eigenvalue weighted by atomic mass is 10.2. The maximum absolute atomic E-state index is 11.5. The van der Waals surface area contributed by atoms with Gasteiger partial charge < -0.3 is 15.4 Å². The fourth-order valence-electron chi connectivity index (χ4n) is 1.36. The van der Waals surface area contributed by atoms with Gasteiger partial charge in [-0.1, -0.05) is 12.1 Å². The molecule has 0 radical (unpaired) electrons. The second-order valence-corrected chi connectivity index (χ2v) is 3.79. The van der Waals surface area contributed by atoms with E-state index in [9.17, 15) is 4.79 Å². The zero-order valence-corrected chi connectivity index (χ0v) is 9.93. The third-order valence-corrected chi connectivity index (χ3v) is 2.14. The molecule has 0 aliphatic heterocycles. The van der Waals surface area contributed by atoms with Crippen molar-refractivity contribution in [3.63, 3.8) is 0 Å². The van der Waals surface area contributed by atoms with Crippen molar-refractivity contribution in [2.75, 3.05) is 18.5 Å². The lowest BCUT2D eigenvalue weighted by Crippen LogP contribution is -2.32. The van der Waals surface area contributed by atoms with Crippen LogP contribution in [0.5, 0.6) is 5.75 Å². The van der Waals surface area contributed by atoms with Crippen LogP contribution in [0.25, 0.3) is 0 Å². The molecule has 0 atom stereocenters. The van der Waals surface area contributed by atoms with Crippen LogP contribution in [-0.4, -0.2) is 25.6 Å². The molecule has 0 unspecified atom stereocenters.